The molecular formula is C13H15Br2ClN4. The van der Waals surface area contributed by atoms with Crippen molar-refractivity contribution in [1.82, 2.24) is 15.2 Å². The molecule has 0 aliphatic heterocycles. The Morgan fingerprint density at radius 1 is 1.45 bits per heavy atom. The number of hydrazine groups is 1. The summed E-state index contributed by atoms with van der Waals surface area (Å²) in [6, 6.07) is 5.65. The first-order chi connectivity index (χ1) is 9.43. The normalized spacial score (nSPS) is 12.7. The van der Waals surface area contributed by atoms with Gasteiger partial charge in [-0.3, -0.25) is 16.0 Å². The van der Waals surface area contributed by atoms with Crippen molar-refractivity contribution in [3.63, 3.8) is 0 Å². The Bertz CT molecular complexity index is 627. The van der Waals surface area contributed by atoms with E-state index in [4.69, 9.17) is 17.4 Å². The molecular weight excluding hydrogens is 407 g/mol. The lowest BCUT2D eigenvalue weighted by molar-refractivity contribution is 0.527. The third kappa shape index (κ3) is 3.26. The van der Waals surface area contributed by atoms with Gasteiger partial charge in [0, 0.05) is 23.0 Å². The number of aromatic nitrogens is 2. The van der Waals surface area contributed by atoms with Crippen molar-refractivity contribution < 1.29 is 0 Å². The maximum absolute atomic E-state index is 5.98. The summed E-state index contributed by atoms with van der Waals surface area (Å²) in [6.45, 7) is 1.97. The largest absolute Gasteiger partial charge is 0.271 e. The molecule has 0 spiro atoms. The quantitative estimate of drug-likeness (QED) is 0.584. The summed E-state index contributed by atoms with van der Waals surface area (Å²) in [7, 11) is 1.93. The number of nitrogens with one attached hydrogen (secondary N) is 1. The van der Waals surface area contributed by atoms with E-state index in [1.165, 1.54) is 0 Å². The molecule has 1 atom stereocenters. The lowest BCUT2D eigenvalue weighted by Gasteiger charge is -2.18. The van der Waals surface area contributed by atoms with E-state index in [0.29, 0.717) is 11.4 Å². The Balaban J connectivity index is 2.33. The summed E-state index contributed by atoms with van der Waals surface area (Å²) >= 11 is 13.1. The minimum absolute atomic E-state index is 0.0345. The fourth-order valence-corrected chi connectivity index (χ4v) is 3.59. The van der Waals surface area contributed by atoms with E-state index in [1.54, 1.807) is 0 Å². The van der Waals surface area contributed by atoms with E-state index >= 15 is 0 Å². The molecule has 1 unspecified atom stereocenters. The molecule has 0 aliphatic rings. The standard InChI is InChI=1S/C13H15Br2ClN4/c1-7-13(15)12(20(2)19-7)6-11(18-17)9-4-3-8(16)5-10(9)14/h3-5,11,18H,6,17H2,1-2H3. The van der Waals surface area contributed by atoms with Crippen LogP contribution in [0.15, 0.2) is 27.1 Å². The molecule has 1 heterocycles. The maximum Gasteiger partial charge on any atom is 0.0738 e. The van der Waals surface area contributed by atoms with Crippen LogP contribution in [0.1, 0.15) is 23.0 Å². The Labute approximate surface area is 139 Å². The van der Waals surface area contributed by atoms with Crippen LogP contribution < -0.4 is 11.3 Å². The molecule has 4 nitrogen and oxygen atoms in total. The Kier molecular flexibility index (Phi) is 5.25. The van der Waals surface area contributed by atoms with Gasteiger partial charge in [-0.05, 0) is 40.5 Å². The Morgan fingerprint density at radius 3 is 2.65 bits per heavy atom. The molecule has 3 N–H and O–H groups in total. The number of aryl methyl sites for hydroxylation is 2. The van der Waals surface area contributed by atoms with Gasteiger partial charge in [0.1, 0.15) is 0 Å². The molecule has 1 aromatic carbocycles. The number of benzene rings is 1. The number of nitrogens with zero attached hydrogens (tertiary/aromatic N) is 2. The van der Waals surface area contributed by atoms with Crippen LogP contribution in [0.4, 0.5) is 0 Å². The summed E-state index contributed by atoms with van der Waals surface area (Å²) in [5.41, 5.74) is 5.97. The maximum atomic E-state index is 5.98. The van der Waals surface area contributed by atoms with Gasteiger partial charge in [0.25, 0.3) is 0 Å². The van der Waals surface area contributed by atoms with E-state index in [-0.39, 0.29) is 6.04 Å². The van der Waals surface area contributed by atoms with Crippen molar-refractivity contribution in [3.05, 3.63) is 49.1 Å². The second-order valence-electron chi connectivity index (χ2n) is 4.56. The third-order valence-corrected chi connectivity index (χ3v) is 5.15. The van der Waals surface area contributed by atoms with Gasteiger partial charge in [0.15, 0.2) is 0 Å². The van der Waals surface area contributed by atoms with Gasteiger partial charge < -0.3 is 0 Å². The summed E-state index contributed by atoms with van der Waals surface area (Å²) in [5.74, 6) is 5.72. The highest BCUT2D eigenvalue weighted by atomic mass is 79.9. The average molecular weight is 423 g/mol. The fraction of sp³-hybridized carbons (Fsp3) is 0.308. The molecule has 0 radical (unpaired) electrons. The molecule has 2 rings (SSSR count). The van der Waals surface area contributed by atoms with Gasteiger partial charge in [0.2, 0.25) is 0 Å². The third-order valence-electron chi connectivity index (χ3n) is 3.20. The number of hydrogen-bond acceptors (Lipinski definition) is 3. The summed E-state index contributed by atoms with van der Waals surface area (Å²) in [6.07, 6.45) is 0.717. The van der Waals surface area contributed by atoms with Gasteiger partial charge >= 0.3 is 0 Å². The second-order valence-corrected chi connectivity index (χ2v) is 6.64. The predicted octanol–water partition coefficient (Wildman–Crippen LogP) is 3.65. The van der Waals surface area contributed by atoms with Crippen LogP contribution in [0.5, 0.6) is 0 Å². The van der Waals surface area contributed by atoms with Crippen LogP contribution in [-0.2, 0) is 13.5 Å². The first kappa shape index (κ1) is 16.0. The van der Waals surface area contributed by atoms with Gasteiger partial charge in [-0.25, -0.2) is 0 Å². The summed E-state index contributed by atoms with van der Waals surface area (Å²) in [4.78, 5) is 0. The van der Waals surface area contributed by atoms with Crippen LogP contribution in [0.2, 0.25) is 5.02 Å². The predicted molar refractivity (Wildman–Crippen MR) is 88.6 cm³/mol. The minimum Gasteiger partial charge on any atom is -0.271 e. The molecule has 2 aromatic rings. The molecule has 0 fully saturated rings. The van der Waals surface area contributed by atoms with Gasteiger partial charge in [-0.2, -0.15) is 5.10 Å². The van der Waals surface area contributed by atoms with Crippen molar-refractivity contribution in [2.24, 2.45) is 12.9 Å². The fourth-order valence-electron chi connectivity index (χ4n) is 2.14. The van der Waals surface area contributed by atoms with Crippen molar-refractivity contribution >= 4 is 43.5 Å². The highest BCUT2D eigenvalue weighted by Gasteiger charge is 2.19. The van der Waals surface area contributed by atoms with E-state index in [0.717, 1.165) is 25.9 Å². The van der Waals surface area contributed by atoms with Crippen LogP contribution in [0, 0.1) is 6.92 Å². The Hall–Kier alpha value is -0.400. The van der Waals surface area contributed by atoms with Crippen LogP contribution >= 0.6 is 43.5 Å². The lowest BCUT2D eigenvalue weighted by atomic mass is 10.0. The molecule has 0 saturated carbocycles. The summed E-state index contributed by atoms with van der Waals surface area (Å²) in [5, 5.41) is 5.09. The number of hydrogen-bond donors (Lipinski definition) is 2. The van der Waals surface area contributed by atoms with Gasteiger partial charge in [-0.15, -0.1) is 0 Å². The molecule has 20 heavy (non-hydrogen) atoms. The average Bonchev–Trinajstić information content (AvgIpc) is 2.62. The van der Waals surface area contributed by atoms with E-state index in [1.807, 2.05) is 36.9 Å². The first-order valence-corrected chi connectivity index (χ1v) is 7.99. The zero-order valence-electron chi connectivity index (χ0n) is 11.1. The zero-order valence-corrected chi connectivity index (χ0v) is 15.1. The first-order valence-electron chi connectivity index (χ1n) is 6.03. The van der Waals surface area contributed by atoms with Crippen LogP contribution in [0.3, 0.4) is 0 Å². The Morgan fingerprint density at radius 2 is 2.15 bits per heavy atom. The second kappa shape index (κ2) is 6.58. The topological polar surface area (TPSA) is 55.9 Å². The molecule has 0 bridgehead atoms. The molecule has 0 aliphatic carbocycles. The van der Waals surface area contributed by atoms with E-state index < -0.39 is 0 Å². The van der Waals surface area contributed by atoms with E-state index in [2.05, 4.69) is 42.4 Å². The van der Waals surface area contributed by atoms with Crippen LogP contribution in [-0.4, -0.2) is 9.78 Å². The highest BCUT2D eigenvalue weighted by Crippen LogP contribution is 2.30. The summed E-state index contributed by atoms with van der Waals surface area (Å²) < 4.78 is 3.82. The van der Waals surface area contributed by atoms with Crippen molar-refractivity contribution in [3.8, 4) is 0 Å². The van der Waals surface area contributed by atoms with Crippen LogP contribution in [0.25, 0.3) is 0 Å². The zero-order chi connectivity index (χ0) is 14.9. The number of nitrogens with two attached hydrogens (primary N) is 1. The number of halogens is 3. The number of rotatable bonds is 4. The van der Waals surface area contributed by atoms with Gasteiger partial charge in [-0.1, -0.05) is 33.6 Å². The molecule has 0 saturated heterocycles. The molecule has 0 amide bonds. The highest BCUT2D eigenvalue weighted by molar-refractivity contribution is 9.10. The van der Waals surface area contributed by atoms with Crippen molar-refractivity contribution in [2.45, 2.75) is 19.4 Å². The van der Waals surface area contributed by atoms with Crippen molar-refractivity contribution in [2.75, 3.05) is 0 Å². The molecule has 1 aromatic heterocycles. The molecule has 7 heteroatoms. The monoisotopic (exact) mass is 420 g/mol. The lowest BCUT2D eigenvalue weighted by Crippen LogP contribution is -2.30. The SMILES string of the molecule is Cc1nn(C)c(CC(NN)c2ccc(Cl)cc2Br)c1Br. The molecule has 108 valence electrons. The van der Waals surface area contributed by atoms with Gasteiger partial charge in [0.05, 0.1) is 21.9 Å². The van der Waals surface area contributed by atoms with E-state index in [9.17, 15) is 0 Å². The van der Waals surface area contributed by atoms with Crippen molar-refractivity contribution in [1.29, 1.82) is 0 Å². The smallest absolute Gasteiger partial charge is 0.0738 e. The minimum atomic E-state index is -0.0345.